The van der Waals surface area contributed by atoms with Crippen molar-refractivity contribution in [3.05, 3.63) is 23.8 Å². The smallest absolute Gasteiger partial charge is 0.161 e. The molecular weight excluding hydrogens is 252 g/mol. The highest BCUT2D eigenvalue weighted by Crippen LogP contribution is 2.28. The first-order chi connectivity index (χ1) is 9.67. The van der Waals surface area contributed by atoms with Gasteiger partial charge in [-0.25, -0.2) is 0 Å². The molecule has 0 saturated carbocycles. The topological polar surface area (TPSA) is 33.7 Å². The number of benzene rings is 1. The molecule has 20 heavy (non-hydrogen) atoms. The molecule has 0 amide bonds. The van der Waals surface area contributed by atoms with Gasteiger partial charge in [0.2, 0.25) is 0 Å². The van der Waals surface area contributed by atoms with Crippen LogP contribution < -0.4 is 14.8 Å². The number of ether oxygens (including phenoxy) is 2. The van der Waals surface area contributed by atoms with Crippen molar-refractivity contribution in [1.82, 2.24) is 10.2 Å². The molecule has 114 valence electrons. The van der Waals surface area contributed by atoms with E-state index in [0.29, 0.717) is 13.2 Å². The van der Waals surface area contributed by atoms with Gasteiger partial charge in [-0.1, -0.05) is 13.0 Å². The van der Waals surface area contributed by atoms with Gasteiger partial charge in [0.1, 0.15) is 0 Å². The van der Waals surface area contributed by atoms with E-state index in [0.717, 1.165) is 37.6 Å². The second-order valence-electron chi connectivity index (χ2n) is 5.00. The molecule has 4 heteroatoms. The molecule has 0 spiro atoms. The Kier molecular flexibility index (Phi) is 8.07. The molecule has 1 aromatic carbocycles. The van der Waals surface area contributed by atoms with Gasteiger partial charge in [0.05, 0.1) is 13.2 Å². The Morgan fingerprint density at radius 3 is 2.55 bits per heavy atom. The monoisotopic (exact) mass is 280 g/mol. The zero-order valence-corrected chi connectivity index (χ0v) is 13.2. The second-order valence-corrected chi connectivity index (χ2v) is 5.00. The number of nitrogens with zero attached hydrogens (tertiary/aromatic N) is 1. The first kappa shape index (κ1) is 16.8. The summed E-state index contributed by atoms with van der Waals surface area (Å²) in [5.41, 5.74) is 1.22. The molecule has 0 radical (unpaired) electrons. The molecule has 0 heterocycles. The van der Waals surface area contributed by atoms with Crippen LogP contribution in [0.25, 0.3) is 0 Å². The third-order valence-electron chi connectivity index (χ3n) is 2.89. The fourth-order valence-corrected chi connectivity index (χ4v) is 1.88. The van der Waals surface area contributed by atoms with Gasteiger partial charge >= 0.3 is 0 Å². The minimum atomic E-state index is 0.652. The van der Waals surface area contributed by atoms with Crippen molar-refractivity contribution in [2.45, 2.75) is 26.8 Å². The molecular formula is C16H28N2O2. The molecule has 0 aliphatic heterocycles. The number of nitrogens with one attached hydrogen (secondary N) is 1. The third kappa shape index (κ3) is 6.26. The van der Waals surface area contributed by atoms with Gasteiger partial charge in [0.15, 0.2) is 11.5 Å². The summed E-state index contributed by atoms with van der Waals surface area (Å²) < 4.78 is 11.5. The summed E-state index contributed by atoms with van der Waals surface area (Å²) >= 11 is 0. The van der Waals surface area contributed by atoms with E-state index in [-0.39, 0.29) is 0 Å². The first-order valence-electron chi connectivity index (χ1n) is 7.41. The van der Waals surface area contributed by atoms with Gasteiger partial charge in [-0.2, -0.15) is 0 Å². The van der Waals surface area contributed by atoms with E-state index < -0.39 is 0 Å². The van der Waals surface area contributed by atoms with E-state index in [1.807, 2.05) is 13.0 Å². The van der Waals surface area contributed by atoms with E-state index in [1.165, 1.54) is 5.56 Å². The van der Waals surface area contributed by atoms with Gasteiger partial charge in [-0.05, 0) is 51.7 Å². The molecule has 0 saturated heterocycles. The van der Waals surface area contributed by atoms with Crippen molar-refractivity contribution >= 4 is 0 Å². The summed E-state index contributed by atoms with van der Waals surface area (Å²) in [6.07, 6.45) is 1.01. The molecule has 1 rings (SSSR count). The normalized spacial score (nSPS) is 10.8. The summed E-state index contributed by atoms with van der Waals surface area (Å²) in [5, 5.41) is 3.32. The Balaban J connectivity index is 2.59. The van der Waals surface area contributed by atoms with E-state index in [1.54, 1.807) is 0 Å². The Morgan fingerprint density at radius 2 is 1.90 bits per heavy atom. The predicted molar refractivity (Wildman–Crippen MR) is 83.7 cm³/mol. The number of rotatable bonds is 10. The van der Waals surface area contributed by atoms with Crippen molar-refractivity contribution in [3.8, 4) is 11.5 Å². The second kappa shape index (κ2) is 9.61. The fourth-order valence-electron chi connectivity index (χ4n) is 1.88. The lowest BCUT2D eigenvalue weighted by atomic mass is 10.2. The zero-order chi connectivity index (χ0) is 14.8. The largest absolute Gasteiger partial charge is 0.490 e. The van der Waals surface area contributed by atoms with Crippen molar-refractivity contribution in [2.75, 3.05) is 40.4 Å². The SMILES string of the molecule is CCNCc1ccc(OCCCN(C)C)c(OCC)c1. The highest BCUT2D eigenvalue weighted by molar-refractivity contribution is 5.43. The van der Waals surface area contributed by atoms with Crippen molar-refractivity contribution in [2.24, 2.45) is 0 Å². The zero-order valence-electron chi connectivity index (χ0n) is 13.2. The predicted octanol–water partition coefficient (Wildman–Crippen LogP) is 2.53. The summed E-state index contributed by atoms with van der Waals surface area (Å²) in [4.78, 5) is 2.16. The molecule has 4 nitrogen and oxygen atoms in total. The average molecular weight is 280 g/mol. The van der Waals surface area contributed by atoms with Crippen LogP contribution in [0.5, 0.6) is 11.5 Å². The number of hydrogen-bond donors (Lipinski definition) is 1. The molecule has 0 aliphatic rings. The van der Waals surface area contributed by atoms with Gasteiger partial charge in [-0.15, -0.1) is 0 Å². The highest BCUT2D eigenvalue weighted by atomic mass is 16.5. The Labute approximate surface area is 123 Å². The van der Waals surface area contributed by atoms with Crippen LogP contribution in [0.15, 0.2) is 18.2 Å². The minimum absolute atomic E-state index is 0.652. The Morgan fingerprint density at radius 1 is 1.10 bits per heavy atom. The lowest BCUT2D eigenvalue weighted by molar-refractivity contribution is 0.258. The summed E-state index contributed by atoms with van der Waals surface area (Å²) in [6, 6.07) is 6.16. The molecule has 0 unspecified atom stereocenters. The van der Waals surface area contributed by atoms with Crippen molar-refractivity contribution in [1.29, 1.82) is 0 Å². The maximum atomic E-state index is 5.83. The molecule has 1 N–H and O–H groups in total. The van der Waals surface area contributed by atoms with Gasteiger partial charge in [-0.3, -0.25) is 0 Å². The van der Waals surface area contributed by atoms with E-state index in [9.17, 15) is 0 Å². The third-order valence-corrected chi connectivity index (χ3v) is 2.89. The molecule has 0 bridgehead atoms. The van der Waals surface area contributed by atoms with E-state index in [4.69, 9.17) is 9.47 Å². The van der Waals surface area contributed by atoms with Crippen LogP contribution in [-0.4, -0.2) is 45.3 Å². The van der Waals surface area contributed by atoms with Crippen molar-refractivity contribution in [3.63, 3.8) is 0 Å². The van der Waals surface area contributed by atoms with Gasteiger partial charge in [0, 0.05) is 13.1 Å². The van der Waals surface area contributed by atoms with E-state index in [2.05, 4.69) is 43.4 Å². The first-order valence-corrected chi connectivity index (χ1v) is 7.41. The average Bonchev–Trinajstić information content (AvgIpc) is 2.43. The summed E-state index contributed by atoms with van der Waals surface area (Å²) in [6.45, 7) is 8.31. The van der Waals surface area contributed by atoms with Crippen LogP contribution >= 0.6 is 0 Å². The van der Waals surface area contributed by atoms with Crippen molar-refractivity contribution < 1.29 is 9.47 Å². The standard InChI is InChI=1S/C16H28N2O2/c1-5-17-13-14-8-9-15(16(12-14)19-6-2)20-11-7-10-18(3)4/h8-9,12,17H,5-7,10-11,13H2,1-4H3. The molecule has 0 fully saturated rings. The summed E-state index contributed by atoms with van der Waals surface area (Å²) in [7, 11) is 4.14. The lowest BCUT2D eigenvalue weighted by Crippen LogP contribution is -2.15. The van der Waals surface area contributed by atoms with Crippen LogP contribution in [0.3, 0.4) is 0 Å². The molecule has 1 aromatic rings. The minimum Gasteiger partial charge on any atom is -0.490 e. The molecule has 0 atom stereocenters. The quantitative estimate of drug-likeness (QED) is 0.668. The lowest BCUT2D eigenvalue weighted by Gasteiger charge is -2.14. The fraction of sp³-hybridized carbons (Fsp3) is 0.625. The van der Waals surface area contributed by atoms with Crippen LogP contribution in [-0.2, 0) is 6.54 Å². The maximum absolute atomic E-state index is 5.83. The van der Waals surface area contributed by atoms with Crippen LogP contribution in [0.4, 0.5) is 0 Å². The number of hydrogen-bond acceptors (Lipinski definition) is 4. The summed E-state index contributed by atoms with van der Waals surface area (Å²) in [5.74, 6) is 1.68. The highest BCUT2D eigenvalue weighted by Gasteiger charge is 2.06. The van der Waals surface area contributed by atoms with Crippen LogP contribution in [0, 0.1) is 0 Å². The Hall–Kier alpha value is -1.26. The van der Waals surface area contributed by atoms with Crippen LogP contribution in [0.1, 0.15) is 25.8 Å². The van der Waals surface area contributed by atoms with Crippen LogP contribution in [0.2, 0.25) is 0 Å². The maximum Gasteiger partial charge on any atom is 0.161 e. The van der Waals surface area contributed by atoms with E-state index >= 15 is 0 Å². The Bertz CT molecular complexity index is 381. The molecule has 0 aromatic heterocycles. The van der Waals surface area contributed by atoms with Gasteiger partial charge < -0.3 is 19.7 Å². The van der Waals surface area contributed by atoms with Gasteiger partial charge in [0.25, 0.3) is 0 Å². The molecule has 0 aliphatic carbocycles.